The molecule has 1 amide bonds. The van der Waals surface area contributed by atoms with Crippen LogP contribution in [0.25, 0.3) is 0 Å². The van der Waals surface area contributed by atoms with Gasteiger partial charge in [0.25, 0.3) is 5.91 Å². The summed E-state index contributed by atoms with van der Waals surface area (Å²) in [4.78, 5) is 18.0. The number of ether oxygens (including phenoxy) is 1. The highest BCUT2D eigenvalue weighted by atomic mass is 79.9. The molecule has 0 spiro atoms. The minimum Gasteiger partial charge on any atom is -0.477 e. The molecule has 0 fully saturated rings. The van der Waals surface area contributed by atoms with Crippen LogP contribution in [0.2, 0.25) is 0 Å². The molecule has 0 aliphatic rings. The second-order valence-electron chi connectivity index (χ2n) is 4.16. The predicted molar refractivity (Wildman–Crippen MR) is 77.6 cm³/mol. The highest BCUT2D eigenvalue weighted by molar-refractivity contribution is 9.10. The van der Waals surface area contributed by atoms with Crippen molar-refractivity contribution in [1.82, 2.24) is 9.88 Å². The summed E-state index contributed by atoms with van der Waals surface area (Å²) in [5, 5.41) is 0. The van der Waals surface area contributed by atoms with Gasteiger partial charge in [-0.3, -0.25) is 4.79 Å². The van der Waals surface area contributed by atoms with Crippen molar-refractivity contribution in [2.75, 3.05) is 13.7 Å². The first-order chi connectivity index (χ1) is 9.61. The molecule has 106 valence electrons. The van der Waals surface area contributed by atoms with E-state index in [1.165, 1.54) is 0 Å². The molecule has 2 aromatic heterocycles. The van der Waals surface area contributed by atoms with Crippen molar-refractivity contribution in [3.63, 3.8) is 0 Å². The van der Waals surface area contributed by atoms with Crippen LogP contribution in [-0.4, -0.2) is 29.4 Å². The Kier molecular flexibility index (Phi) is 4.79. The van der Waals surface area contributed by atoms with E-state index >= 15 is 0 Å². The van der Waals surface area contributed by atoms with Gasteiger partial charge in [-0.15, -0.1) is 0 Å². The summed E-state index contributed by atoms with van der Waals surface area (Å²) >= 11 is 3.24. The predicted octanol–water partition coefficient (Wildman–Crippen LogP) is 3.11. The normalized spacial score (nSPS) is 10.3. The molecule has 6 heteroatoms. The van der Waals surface area contributed by atoms with Gasteiger partial charge in [0.15, 0.2) is 4.67 Å². The van der Waals surface area contributed by atoms with Gasteiger partial charge >= 0.3 is 0 Å². The fraction of sp³-hybridized carbons (Fsp3) is 0.286. The van der Waals surface area contributed by atoms with E-state index in [0.717, 1.165) is 0 Å². The molecule has 5 nitrogen and oxygen atoms in total. The summed E-state index contributed by atoms with van der Waals surface area (Å²) in [6.07, 6.45) is 1.60. The minimum absolute atomic E-state index is 0.158. The fourth-order valence-corrected chi connectivity index (χ4v) is 2.09. The second kappa shape index (κ2) is 6.56. The Morgan fingerprint density at radius 1 is 1.45 bits per heavy atom. The van der Waals surface area contributed by atoms with Crippen LogP contribution in [0.3, 0.4) is 0 Å². The number of halogens is 1. The molecule has 0 aliphatic heterocycles. The maximum Gasteiger partial charge on any atom is 0.259 e. The first-order valence-corrected chi connectivity index (χ1v) is 6.98. The minimum atomic E-state index is -0.158. The Morgan fingerprint density at radius 2 is 2.25 bits per heavy atom. The molecular weight excluding hydrogens is 324 g/mol. The van der Waals surface area contributed by atoms with E-state index in [0.29, 0.717) is 35.0 Å². The number of hydrogen-bond donors (Lipinski definition) is 0. The molecule has 0 saturated heterocycles. The van der Waals surface area contributed by atoms with Crippen molar-refractivity contribution in [2.45, 2.75) is 13.5 Å². The largest absolute Gasteiger partial charge is 0.477 e. The second-order valence-corrected chi connectivity index (χ2v) is 4.94. The zero-order valence-electron chi connectivity index (χ0n) is 11.3. The van der Waals surface area contributed by atoms with Gasteiger partial charge in [-0.1, -0.05) is 0 Å². The number of carbonyl (C=O) groups excluding carboxylic acids is 1. The Labute approximate surface area is 125 Å². The third kappa shape index (κ3) is 3.39. The number of furan rings is 1. The lowest BCUT2D eigenvalue weighted by Gasteiger charge is -2.17. The lowest BCUT2D eigenvalue weighted by Crippen LogP contribution is -2.26. The van der Waals surface area contributed by atoms with Crippen LogP contribution in [-0.2, 0) is 6.54 Å². The lowest BCUT2D eigenvalue weighted by atomic mass is 10.2. The van der Waals surface area contributed by atoms with E-state index in [2.05, 4.69) is 20.9 Å². The smallest absolute Gasteiger partial charge is 0.259 e. The third-order valence-corrected chi connectivity index (χ3v) is 3.08. The van der Waals surface area contributed by atoms with Gasteiger partial charge in [-0.2, -0.15) is 0 Å². The van der Waals surface area contributed by atoms with Gasteiger partial charge in [0.2, 0.25) is 5.88 Å². The van der Waals surface area contributed by atoms with Crippen molar-refractivity contribution in [3.8, 4) is 5.88 Å². The van der Waals surface area contributed by atoms with E-state index in [4.69, 9.17) is 9.15 Å². The number of aromatic nitrogens is 1. The Hall–Kier alpha value is -1.82. The van der Waals surface area contributed by atoms with Gasteiger partial charge in [0.05, 0.1) is 13.2 Å². The molecule has 0 saturated carbocycles. The molecule has 0 N–H and O–H groups in total. The summed E-state index contributed by atoms with van der Waals surface area (Å²) in [6.45, 7) is 2.70. The molecule has 2 heterocycles. The average Bonchev–Trinajstić information content (AvgIpc) is 2.84. The van der Waals surface area contributed by atoms with Crippen molar-refractivity contribution < 1.29 is 13.9 Å². The summed E-state index contributed by atoms with van der Waals surface area (Å²) in [5.41, 5.74) is 0.447. The molecule has 0 aliphatic carbocycles. The monoisotopic (exact) mass is 338 g/mol. The number of pyridine rings is 1. The molecular formula is C14H15BrN2O3. The van der Waals surface area contributed by atoms with Crippen LogP contribution in [0.15, 0.2) is 39.5 Å². The van der Waals surface area contributed by atoms with Crippen LogP contribution < -0.4 is 4.74 Å². The number of amides is 1. The van der Waals surface area contributed by atoms with Crippen molar-refractivity contribution in [2.24, 2.45) is 0 Å². The van der Waals surface area contributed by atoms with Gasteiger partial charge in [0.1, 0.15) is 11.3 Å². The molecule has 0 aromatic carbocycles. The molecule has 0 unspecified atom stereocenters. The summed E-state index contributed by atoms with van der Waals surface area (Å²) < 4.78 is 11.4. The van der Waals surface area contributed by atoms with Gasteiger partial charge in [-0.05, 0) is 47.1 Å². The summed E-state index contributed by atoms with van der Waals surface area (Å²) in [6, 6.07) is 7.03. The van der Waals surface area contributed by atoms with E-state index in [9.17, 15) is 4.79 Å². The maximum absolute atomic E-state index is 12.4. The Morgan fingerprint density at radius 3 is 2.90 bits per heavy atom. The Balaban J connectivity index is 2.14. The average molecular weight is 339 g/mol. The van der Waals surface area contributed by atoms with Gasteiger partial charge in [0, 0.05) is 13.2 Å². The molecule has 2 rings (SSSR count). The van der Waals surface area contributed by atoms with Crippen molar-refractivity contribution in [3.05, 3.63) is 46.5 Å². The zero-order chi connectivity index (χ0) is 14.5. The molecule has 0 atom stereocenters. The molecule has 0 bridgehead atoms. The quantitative estimate of drug-likeness (QED) is 0.840. The van der Waals surface area contributed by atoms with Crippen molar-refractivity contribution in [1.29, 1.82) is 0 Å². The molecule has 0 radical (unpaired) electrons. The molecule has 2 aromatic rings. The SMILES string of the molecule is CCOc1ncccc1C(=O)N(C)Cc1ccc(Br)o1. The van der Waals surface area contributed by atoms with E-state index in [-0.39, 0.29) is 5.91 Å². The first-order valence-electron chi connectivity index (χ1n) is 6.19. The number of hydrogen-bond acceptors (Lipinski definition) is 4. The van der Waals surface area contributed by atoms with E-state index in [1.54, 1.807) is 36.3 Å². The van der Waals surface area contributed by atoms with Gasteiger partial charge in [-0.25, -0.2) is 4.98 Å². The van der Waals surface area contributed by atoms with E-state index < -0.39 is 0 Å². The lowest BCUT2D eigenvalue weighted by molar-refractivity contribution is 0.0770. The van der Waals surface area contributed by atoms with Crippen molar-refractivity contribution >= 4 is 21.8 Å². The standard InChI is InChI=1S/C14H15BrN2O3/c1-3-19-13-11(5-4-8-16-13)14(18)17(2)9-10-6-7-12(15)20-10/h4-8H,3,9H2,1-2H3. The van der Waals surface area contributed by atoms with Gasteiger partial charge < -0.3 is 14.1 Å². The van der Waals surface area contributed by atoms with Crippen LogP contribution in [0.4, 0.5) is 0 Å². The van der Waals surface area contributed by atoms with Crippen LogP contribution in [0, 0.1) is 0 Å². The highest BCUT2D eigenvalue weighted by Gasteiger charge is 2.18. The topological polar surface area (TPSA) is 55.6 Å². The third-order valence-electron chi connectivity index (χ3n) is 2.65. The zero-order valence-corrected chi connectivity index (χ0v) is 12.9. The number of nitrogens with zero attached hydrogens (tertiary/aromatic N) is 2. The summed E-state index contributed by atoms with van der Waals surface area (Å²) in [5.74, 6) is 0.899. The highest BCUT2D eigenvalue weighted by Crippen LogP contribution is 2.19. The fourth-order valence-electron chi connectivity index (χ4n) is 1.75. The number of rotatable bonds is 5. The van der Waals surface area contributed by atoms with Crippen LogP contribution in [0.1, 0.15) is 23.0 Å². The molecule has 20 heavy (non-hydrogen) atoms. The van der Waals surface area contributed by atoms with Crippen LogP contribution in [0.5, 0.6) is 5.88 Å². The Bertz CT molecular complexity index is 598. The van der Waals surface area contributed by atoms with E-state index in [1.807, 2.05) is 13.0 Å². The maximum atomic E-state index is 12.4. The summed E-state index contributed by atoms with van der Waals surface area (Å²) in [7, 11) is 1.71. The van der Waals surface area contributed by atoms with Crippen LogP contribution >= 0.6 is 15.9 Å². The first kappa shape index (κ1) is 14.6. The number of carbonyl (C=O) groups is 1.